The molecule has 5 rings (SSSR count). The zero-order valence-electron chi connectivity index (χ0n) is 19.2. The summed E-state index contributed by atoms with van der Waals surface area (Å²) in [6.07, 6.45) is 4.24. The average molecular weight is 458 g/mol. The van der Waals surface area contributed by atoms with E-state index in [1.807, 2.05) is 73.4 Å². The molecular weight excluding hydrogens is 430 g/mol. The molecule has 3 N–H and O–H groups in total. The lowest BCUT2D eigenvalue weighted by atomic mass is 9.92. The van der Waals surface area contributed by atoms with Crippen molar-refractivity contribution in [3.05, 3.63) is 72.1 Å². The minimum Gasteiger partial charge on any atom is -0.457 e. The summed E-state index contributed by atoms with van der Waals surface area (Å²) in [4.78, 5) is 17.4. The maximum Gasteiger partial charge on any atom is 0.252 e. The number of pyridine rings is 1. The van der Waals surface area contributed by atoms with E-state index in [2.05, 4.69) is 20.7 Å². The van der Waals surface area contributed by atoms with Crippen LogP contribution in [0.4, 0.5) is 0 Å². The quantitative estimate of drug-likeness (QED) is 0.394. The molecular formula is C26H27N5O3. The van der Waals surface area contributed by atoms with E-state index in [9.17, 15) is 9.90 Å². The first-order valence-corrected chi connectivity index (χ1v) is 11.3. The van der Waals surface area contributed by atoms with Crippen LogP contribution in [-0.2, 0) is 13.5 Å². The van der Waals surface area contributed by atoms with Crippen molar-refractivity contribution in [1.29, 1.82) is 0 Å². The standard InChI is InChI=1S/C26H27N5O3/c1-3-17-10-18(5-7-22(17)25(33)30-26(16-32)14-27-15-26)23-11-21(8-9-28-23)34-20-6-4-19-13-29-31(2)24(19)12-20/h4-13,27,32H,3,14-16H2,1-2H3,(H,30,33). The summed E-state index contributed by atoms with van der Waals surface area (Å²) < 4.78 is 7.92. The SMILES string of the molecule is CCc1cc(-c2cc(Oc3ccc4cnn(C)c4c3)ccn2)ccc1C(=O)NC1(CO)CNC1. The van der Waals surface area contributed by atoms with Gasteiger partial charge in [0.05, 0.1) is 29.6 Å². The van der Waals surface area contributed by atoms with Gasteiger partial charge in [0.15, 0.2) is 0 Å². The molecule has 174 valence electrons. The Morgan fingerprint density at radius 2 is 2.00 bits per heavy atom. The number of aromatic nitrogens is 3. The molecule has 0 saturated carbocycles. The van der Waals surface area contributed by atoms with Crippen LogP contribution < -0.4 is 15.4 Å². The highest BCUT2D eigenvalue weighted by molar-refractivity contribution is 5.97. The number of rotatable bonds is 7. The summed E-state index contributed by atoms with van der Waals surface area (Å²) >= 11 is 0. The lowest BCUT2D eigenvalue weighted by molar-refractivity contribution is 0.0721. The smallest absolute Gasteiger partial charge is 0.252 e. The first-order chi connectivity index (χ1) is 16.5. The monoisotopic (exact) mass is 457 g/mol. The summed E-state index contributed by atoms with van der Waals surface area (Å²) in [6.45, 7) is 3.07. The molecule has 1 amide bonds. The van der Waals surface area contributed by atoms with Crippen molar-refractivity contribution >= 4 is 16.8 Å². The van der Waals surface area contributed by atoms with Crippen molar-refractivity contribution < 1.29 is 14.6 Å². The molecule has 0 atom stereocenters. The Bertz CT molecular complexity index is 1350. The van der Waals surface area contributed by atoms with E-state index in [1.54, 1.807) is 6.20 Å². The molecule has 34 heavy (non-hydrogen) atoms. The fourth-order valence-corrected chi connectivity index (χ4v) is 4.20. The summed E-state index contributed by atoms with van der Waals surface area (Å²) in [6, 6.07) is 15.3. The van der Waals surface area contributed by atoms with Gasteiger partial charge in [0.1, 0.15) is 11.5 Å². The largest absolute Gasteiger partial charge is 0.457 e. The third kappa shape index (κ3) is 4.13. The van der Waals surface area contributed by atoms with Crippen molar-refractivity contribution in [1.82, 2.24) is 25.4 Å². The Morgan fingerprint density at radius 1 is 1.18 bits per heavy atom. The van der Waals surface area contributed by atoms with Crippen LogP contribution in [0.3, 0.4) is 0 Å². The van der Waals surface area contributed by atoms with Crippen LogP contribution in [-0.4, -0.2) is 51.0 Å². The number of aliphatic hydroxyl groups excluding tert-OH is 1. The van der Waals surface area contributed by atoms with Crippen LogP contribution in [0.1, 0.15) is 22.8 Å². The molecule has 4 aromatic rings. The minimum atomic E-state index is -0.577. The highest BCUT2D eigenvalue weighted by Crippen LogP contribution is 2.29. The van der Waals surface area contributed by atoms with E-state index in [1.165, 1.54) is 0 Å². The van der Waals surface area contributed by atoms with E-state index < -0.39 is 5.54 Å². The normalized spacial score (nSPS) is 14.6. The Hall–Kier alpha value is -3.75. The highest BCUT2D eigenvalue weighted by Gasteiger charge is 2.38. The van der Waals surface area contributed by atoms with Gasteiger partial charge in [-0.2, -0.15) is 5.10 Å². The highest BCUT2D eigenvalue weighted by atomic mass is 16.5. The van der Waals surface area contributed by atoms with Crippen molar-refractivity contribution in [2.45, 2.75) is 18.9 Å². The second kappa shape index (κ2) is 8.89. The second-order valence-electron chi connectivity index (χ2n) is 8.69. The molecule has 1 aliphatic rings. The molecule has 1 aliphatic heterocycles. The number of ether oxygens (including phenoxy) is 1. The van der Waals surface area contributed by atoms with Gasteiger partial charge < -0.3 is 20.5 Å². The van der Waals surface area contributed by atoms with E-state index in [0.717, 1.165) is 33.5 Å². The van der Waals surface area contributed by atoms with E-state index in [4.69, 9.17) is 4.74 Å². The van der Waals surface area contributed by atoms with Crippen LogP contribution in [0.2, 0.25) is 0 Å². The molecule has 1 fully saturated rings. The molecule has 2 aromatic heterocycles. The molecule has 0 bridgehead atoms. The molecule has 2 aromatic carbocycles. The van der Waals surface area contributed by atoms with Gasteiger partial charge in [-0.15, -0.1) is 0 Å². The van der Waals surface area contributed by atoms with Crippen molar-refractivity contribution in [3.63, 3.8) is 0 Å². The molecule has 8 heteroatoms. The Kier molecular flexibility index (Phi) is 5.77. The molecule has 1 saturated heterocycles. The molecule has 0 unspecified atom stereocenters. The number of fused-ring (bicyclic) bond motifs is 1. The molecule has 8 nitrogen and oxygen atoms in total. The predicted octanol–water partition coefficient (Wildman–Crippen LogP) is 3.05. The lowest BCUT2D eigenvalue weighted by Gasteiger charge is -2.41. The topological polar surface area (TPSA) is 101 Å². The van der Waals surface area contributed by atoms with Crippen LogP contribution >= 0.6 is 0 Å². The third-order valence-corrected chi connectivity index (χ3v) is 6.32. The van der Waals surface area contributed by atoms with Gasteiger partial charge in [0.2, 0.25) is 0 Å². The fraction of sp³-hybridized carbons (Fsp3) is 0.269. The van der Waals surface area contributed by atoms with Gasteiger partial charge >= 0.3 is 0 Å². The summed E-state index contributed by atoms with van der Waals surface area (Å²) in [7, 11) is 1.90. The number of aliphatic hydroxyl groups is 1. The van der Waals surface area contributed by atoms with E-state index in [0.29, 0.717) is 30.8 Å². The third-order valence-electron chi connectivity index (χ3n) is 6.32. The maximum absolute atomic E-state index is 12.9. The van der Waals surface area contributed by atoms with Crippen molar-refractivity contribution in [2.24, 2.45) is 7.05 Å². The van der Waals surface area contributed by atoms with Crippen molar-refractivity contribution in [3.8, 4) is 22.8 Å². The van der Waals surface area contributed by atoms with E-state index >= 15 is 0 Å². The zero-order chi connectivity index (χ0) is 23.7. The summed E-state index contributed by atoms with van der Waals surface area (Å²) in [5.74, 6) is 1.22. The predicted molar refractivity (Wildman–Crippen MR) is 130 cm³/mol. The van der Waals surface area contributed by atoms with Gasteiger partial charge in [-0.3, -0.25) is 14.5 Å². The number of benzene rings is 2. The molecule has 0 spiro atoms. The number of hydrogen-bond acceptors (Lipinski definition) is 6. The van der Waals surface area contributed by atoms with E-state index in [-0.39, 0.29) is 12.5 Å². The first kappa shape index (κ1) is 22.1. The van der Waals surface area contributed by atoms with Crippen molar-refractivity contribution in [2.75, 3.05) is 19.7 Å². The first-order valence-electron chi connectivity index (χ1n) is 11.3. The summed E-state index contributed by atoms with van der Waals surface area (Å²) in [5, 5.41) is 21.1. The Morgan fingerprint density at radius 3 is 2.74 bits per heavy atom. The van der Waals surface area contributed by atoms with Crippen LogP contribution in [0.15, 0.2) is 60.9 Å². The minimum absolute atomic E-state index is 0.0878. The zero-order valence-corrected chi connectivity index (χ0v) is 19.2. The number of carbonyl (C=O) groups is 1. The number of aryl methyl sites for hydroxylation is 2. The van der Waals surface area contributed by atoms with Gasteiger partial charge in [-0.25, -0.2) is 0 Å². The lowest BCUT2D eigenvalue weighted by Crippen LogP contribution is -2.71. The number of nitrogens with zero attached hydrogens (tertiary/aromatic N) is 3. The van der Waals surface area contributed by atoms with Crippen LogP contribution in [0.25, 0.3) is 22.2 Å². The van der Waals surface area contributed by atoms with Crippen LogP contribution in [0, 0.1) is 0 Å². The molecule has 3 heterocycles. The fourth-order valence-electron chi connectivity index (χ4n) is 4.20. The number of hydrogen-bond donors (Lipinski definition) is 3. The number of carbonyl (C=O) groups excluding carboxylic acids is 1. The van der Waals surface area contributed by atoms with Gasteiger partial charge in [-0.1, -0.05) is 13.0 Å². The molecule has 0 aliphatic carbocycles. The Balaban J connectivity index is 1.38. The molecule has 0 radical (unpaired) electrons. The van der Waals surface area contributed by atoms with Gasteiger partial charge in [0.25, 0.3) is 5.91 Å². The summed E-state index contributed by atoms with van der Waals surface area (Å²) in [5.41, 5.74) is 3.62. The number of amides is 1. The van der Waals surface area contributed by atoms with Gasteiger partial charge in [-0.05, 0) is 42.3 Å². The average Bonchev–Trinajstić information content (AvgIpc) is 3.21. The number of nitrogens with one attached hydrogen (secondary N) is 2. The Labute approximate surface area is 197 Å². The van der Waals surface area contributed by atoms with Gasteiger partial charge in [0, 0.05) is 55.0 Å². The second-order valence-corrected chi connectivity index (χ2v) is 8.69. The maximum atomic E-state index is 12.9. The van der Waals surface area contributed by atoms with Crippen LogP contribution in [0.5, 0.6) is 11.5 Å².